The molecule has 0 unspecified atom stereocenters. The summed E-state index contributed by atoms with van der Waals surface area (Å²) in [6.45, 7) is 27.1. The molecule has 0 aliphatic heterocycles. The van der Waals surface area contributed by atoms with Crippen molar-refractivity contribution in [3.05, 3.63) is 0 Å². The van der Waals surface area contributed by atoms with E-state index in [0.717, 1.165) is 7.85 Å². The van der Waals surface area contributed by atoms with E-state index in [1.54, 1.807) is 117 Å². The Morgan fingerprint density at radius 3 is 0.542 bits per heavy atom. The van der Waals surface area contributed by atoms with E-state index in [2.05, 4.69) is 165 Å². The molecule has 0 aromatic heterocycles. The third-order valence-corrected chi connectivity index (χ3v) is 54.5. The van der Waals surface area contributed by atoms with Gasteiger partial charge in [0.25, 0.3) is 0 Å². The second-order valence-corrected chi connectivity index (χ2v) is 55.9. The largest absolute Gasteiger partial charge is 0.109 e. The van der Waals surface area contributed by atoms with Gasteiger partial charge in [0.2, 0.25) is 0 Å². The van der Waals surface area contributed by atoms with Gasteiger partial charge in [0.15, 0.2) is 0 Å². The molecule has 0 aromatic carbocycles. The molecule has 0 amide bonds. The van der Waals surface area contributed by atoms with Gasteiger partial charge in [-0.2, -0.15) is 0 Å². The second kappa shape index (κ2) is 72.2. The molecule has 72 heavy (non-hydrogen) atoms. The first-order valence-corrected chi connectivity index (χ1v) is 57.8. The van der Waals surface area contributed by atoms with Gasteiger partial charge in [-0.3, -0.25) is 0 Å². The van der Waals surface area contributed by atoms with Gasteiger partial charge in [-0.15, -0.1) is 23.2 Å². The molecule has 0 aromatic rings. The molecule has 6 fully saturated rings. The number of rotatable bonds is 20. The molecule has 6 rings (SSSR count). The minimum absolute atomic E-state index is 0.194. The van der Waals surface area contributed by atoms with Crippen LogP contribution in [0.15, 0.2) is 0 Å². The minimum Gasteiger partial charge on any atom is -0.109 e. The van der Waals surface area contributed by atoms with Crippen LogP contribution >= 0.6 is 106 Å². The van der Waals surface area contributed by atoms with Gasteiger partial charge in [-0.1, -0.05) is 196 Å². The Bertz CT molecular complexity index is 766. The van der Waals surface area contributed by atoms with E-state index in [1.165, 1.54) is 181 Å². The first-order chi connectivity index (χ1) is 35.0. The number of hydrogen-bond donors (Lipinski definition) is 0. The normalized spacial score (nSPS) is 17.4. The van der Waals surface area contributed by atoms with E-state index in [4.69, 9.17) is 23.2 Å². The average molecular weight is 1720 g/mol. The molecule has 0 spiro atoms. The number of halogens is 6. The molecule has 6 aliphatic rings. The van der Waals surface area contributed by atoms with Crippen LogP contribution in [-0.4, -0.2) is 49.9 Å². The Morgan fingerprint density at radius 2 is 0.431 bits per heavy atom. The van der Waals surface area contributed by atoms with Crippen molar-refractivity contribution in [2.24, 2.45) is 0 Å². The first kappa shape index (κ1) is 85.9. The van der Waals surface area contributed by atoms with Gasteiger partial charge < -0.3 is 0 Å². The topological polar surface area (TPSA) is 0 Å². The summed E-state index contributed by atoms with van der Waals surface area (Å²) in [5, 5.41) is 0.194. The van der Waals surface area contributed by atoms with E-state index in [-0.39, 0.29) is 5.34 Å². The average Bonchev–Trinajstić information content (AvgIpc) is 4.25. The van der Waals surface area contributed by atoms with Gasteiger partial charge in [0.1, 0.15) is 0 Å². The molecule has 6 saturated carbocycles. The fourth-order valence-corrected chi connectivity index (χ4v) is 52.2. The van der Waals surface area contributed by atoms with Crippen LogP contribution in [0.3, 0.4) is 0 Å². The molecule has 442 valence electrons. The monoisotopic (exact) mass is 1720 g/mol. The summed E-state index contributed by atoms with van der Waals surface area (Å²) in [7, 11) is 0. The van der Waals surface area contributed by atoms with Gasteiger partial charge in [-0.05, 0) is 25.7 Å². The fraction of sp³-hybridized carbons (Fsp3) is 1.00. The van der Waals surface area contributed by atoms with E-state index in [1.807, 2.05) is 0 Å². The van der Waals surface area contributed by atoms with Crippen molar-refractivity contribution < 1.29 is 0 Å². The Kier molecular flexibility index (Phi) is 86.1. The van der Waals surface area contributed by atoms with Crippen LogP contribution in [0, 0.1) is 0 Å². The summed E-state index contributed by atoms with van der Waals surface area (Å²) in [5.74, 6) is 0. The van der Waals surface area contributed by atoms with Crippen LogP contribution in [-0.2, 0) is 0 Å². The molecule has 0 N–H and O–H groups in total. The maximum Gasteiger partial charge on any atom is 0.0967 e. The van der Waals surface area contributed by atoms with Gasteiger partial charge >= 0.3 is 241 Å². The molecule has 0 bridgehead atoms. The molecular formula is C64H136Cl2I4Sn2. The molecule has 0 heterocycles. The summed E-state index contributed by atoms with van der Waals surface area (Å²) in [4.78, 5) is 0. The summed E-state index contributed by atoms with van der Waals surface area (Å²) in [5.41, 5.74) is 0. The minimum atomic E-state index is -1.78. The SMILES string of the molecule is C1CCCC1.C1CCCC1.CCC.CCC.CCC.CCC[CH2][Sn]([CH2]CCC)([CH2]CCC)[CH]1CCCC1.CCC[CH2][Sn]([CH2]CCC)([CH2]CCC)[CH]1CCCC1.ClCCl.IC1CCCC1.IC1CCCC1.II. The van der Waals surface area contributed by atoms with Crippen molar-refractivity contribution in [3.63, 3.8) is 0 Å². The zero-order valence-corrected chi connectivity index (χ0v) is 67.4. The standard InChI is InChI=1S/2C5H9I.2C5H10.2C5H9.6C4H9.3C3H8.CH2Cl2.I2.2Sn/c2*6-5-3-1-2-4-5;4*1-2-4-5-3-1;6*1-3-4-2;3*1-3-2;2-1-3;1-2;;/h2*5H,1-4H2;2*1-5H2;2*1H,2-5H2;6*1,3-4H2,2H3;3*3H2,1-2H3;1H2;;;. The number of unbranched alkanes of at least 4 members (excludes halogenated alkanes) is 6. The molecule has 0 saturated heterocycles. The number of hydrogen-bond acceptors (Lipinski definition) is 0. The predicted molar refractivity (Wildman–Crippen MR) is 385 cm³/mol. The van der Waals surface area contributed by atoms with E-state index >= 15 is 0 Å². The fourth-order valence-electron chi connectivity index (χ4n) is 11.7. The summed E-state index contributed by atoms with van der Waals surface area (Å²) < 4.78 is 15.0. The molecule has 0 radical (unpaired) electrons. The van der Waals surface area contributed by atoms with E-state index in [0.29, 0.717) is 0 Å². The third kappa shape index (κ3) is 56.9. The smallest absolute Gasteiger partial charge is 0.0967 e. The van der Waals surface area contributed by atoms with Crippen molar-refractivity contribution in [1.82, 2.24) is 0 Å². The molecule has 0 atom stereocenters. The maximum atomic E-state index is 4.76. The van der Waals surface area contributed by atoms with E-state index < -0.39 is 36.8 Å². The van der Waals surface area contributed by atoms with Crippen molar-refractivity contribution in [2.75, 3.05) is 5.34 Å². The molecular weight excluding hydrogens is 1580 g/mol. The third-order valence-electron chi connectivity index (χ3n) is 15.7. The Labute approximate surface area is 529 Å². The Hall–Kier alpha value is 5.10. The number of alkyl halides is 4. The Morgan fingerprint density at radius 1 is 0.292 bits per heavy atom. The first-order valence-electron chi connectivity index (χ1n) is 32.6. The van der Waals surface area contributed by atoms with Crippen LogP contribution in [0.1, 0.15) is 346 Å². The van der Waals surface area contributed by atoms with Crippen LogP contribution in [0.5, 0.6) is 0 Å². The van der Waals surface area contributed by atoms with Gasteiger partial charge in [0, 0.05) is 45.1 Å². The summed E-state index contributed by atoms with van der Waals surface area (Å²) in [6.07, 6.45) is 61.3. The quantitative estimate of drug-likeness (QED) is 0.0647. The second-order valence-electron chi connectivity index (χ2n) is 22.8. The van der Waals surface area contributed by atoms with Crippen molar-refractivity contribution in [3.8, 4) is 0 Å². The van der Waals surface area contributed by atoms with Gasteiger partial charge in [-0.25, -0.2) is 0 Å². The summed E-state index contributed by atoms with van der Waals surface area (Å²) in [6, 6.07) is 0. The van der Waals surface area contributed by atoms with Crippen LogP contribution in [0.2, 0.25) is 34.5 Å². The van der Waals surface area contributed by atoms with E-state index in [9.17, 15) is 0 Å². The van der Waals surface area contributed by atoms with Crippen molar-refractivity contribution in [2.45, 2.75) is 389 Å². The van der Waals surface area contributed by atoms with Crippen LogP contribution in [0.25, 0.3) is 0 Å². The van der Waals surface area contributed by atoms with Crippen LogP contribution in [0.4, 0.5) is 0 Å². The zero-order valence-electron chi connectivity index (χ0n) is 51.5. The van der Waals surface area contributed by atoms with Crippen molar-refractivity contribution >= 4 is 142 Å². The Balaban J connectivity index is -0.000000252. The molecule has 0 nitrogen and oxygen atoms in total. The van der Waals surface area contributed by atoms with Gasteiger partial charge in [0.05, 0.1) is 5.34 Å². The summed E-state index contributed by atoms with van der Waals surface area (Å²) >= 11 is 15.3. The maximum absolute atomic E-state index is 4.76. The zero-order chi connectivity index (χ0) is 55.3. The van der Waals surface area contributed by atoms with Crippen LogP contribution < -0.4 is 0 Å². The predicted octanol–water partition coefficient (Wildman–Crippen LogP) is 29.6. The van der Waals surface area contributed by atoms with Crippen molar-refractivity contribution in [1.29, 1.82) is 0 Å². The molecule has 8 heteroatoms. The molecule has 6 aliphatic carbocycles.